The third-order valence-electron chi connectivity index (χ3n) is 5.23. The largest absolute Gasteiger partial charge is 0.376 e. The SMILES string of the molecule is CC(=O)NCC(=O)N1CCC2(COCc3cnc(-c4ccccc4)nc32)C1. The van der Waals surface area contributed by atoms with Gasteiger partial charge in [0, 0.05) is 37.3 Å². The lowest BCUT2D eigenvalue weighted by molar-refractivity contribution is -0.131. The molecule has 7 nitrogen and oxygen atoms in total. The molecule has 1 aromatic heterocycles. The van der Waals surface area contributed by atoms with Crippen LogP contribution in [0.4, 0.5) is 0 Å². The van der Waals surface area contributed by atoms with Crippen molar-refractivity contribution < 1.29 is 14.3 Å². The van der Waals surface area contributed by atoms with E-state index in [1.54, 1.807) is 4.90 Å². The van der Waals surface area contributed by atoms with Gasteiger partial charge in [-0.3, -0.25) is 9.59 Å². The Balaban J connectivity index is 1.61. The van der Waals surface area contributed by atoms with Gasteiger partial charge >= 0.3 is 0 Å². The Hall–Kier alpha value is -2.80. The van der Waals surface area contributed by atoms with Crippen LogP contribution in [0.1, 0.15) is 24.6 Å². The minimum Gasteiger partial charge on any atom is -0.376 e. The number of nitrogens with zero attached hydrogens (tertiary/aromatic N) is 3. The van der Waals surface area contributed by atoms with Crippen molar-refractivity contribution in [1.82, 2.24) is 20.2 Å². The molecule has 0 saturated carbocycles. The van der Waals surface area contributed by atoms with Crippen LogP contribution < -0.4 is 5.32 Å². The normalized spacial score (nSPS) is 21.1. The van der Waals surface area contributed by atoms with Gasteiger partial charge in [-0.05, 0) is 6.42 Å². The monoisotopic (exact) mass is 366 g/mol. The molecule has 27 heavy (non-hydrogen) atoms. The van der Waals surface area contributed by atoms with Gasteiger partial charge in [0.15, 0.2) is 5.82 Å². The van der Waals surface area contributed by atoms with Crippen molar-refractivity contribution in [2.24, 2.45) is 0 Å². The van der Waals surface area contributed by atoms with Gasteiger partial charge in [-0.1, -0.05) is 30.3 Å². The highest BCUT2D eigenvalue weighted by molar-refractivity contribution is 5.84. The number of carbonyl (C=O) groups is 2. The number of carbonyl (C=O) groups excluding carboxylic acids is 2. The number of fused-ring (bicyclic) bond motifs is 2. The van der Waals surface area contributed by atoms with E-state index in [9.17, 15) is 9.59 Å². The number of rotatable bonds is 3. The molecule has 2 aliphatic heterocycles. The average molecular weight is 366 g/mol. The smallest absolute Gasteiger partial charge is 0.241 e. The Morgan fingerprint density at radius 1 is 1.30 bits per heavy atom. The highest BCUT2D eigenvalue weighted by atomic mass is 16.5. The first-order valence-electron chi connectivity index (χ1n) is 9.09. The summed E-state index contributed by atoms with van der Waals surface area (Å²) < 4.78 is 5.82. The van der Waals surface area contributed by atoms with Crippen LogP contribution in [-0.4, -0.2) is 52.9 Å². The number of amides is 2. The zero-order chi connectivity index (χ0) is 18.9. The predicted octanol–water partition coefficient (Wildman–Crippen LogP) is 1.28. The summed E-state index contributed by atoms with van der Waals surface area (Å²) in [6.07, 6.45) is 2.63. The molecule has 1 aromatic carbocycles. The highest BCUT2D eigenvalue weighted by Gasteiger charge is 2.46. The van der Waals surface area contributed by atoms with E-state index in [2.05, 4.69) is 10.3 Å². The summed E-state index contributed by atoms with van der Waals surface area (Å²) in [5, 5.41) is 2.58. The molecule has 1 spiro atoms. The maximum absolute atomic E-state index is 12.4. The van der Waals surface area contributed by atoms with Crippen molar-refractivity contribution in [1.29, 1.82) is 0 Å². The van der Waals surface area contributed by atoms with E-state index in [0.29, 0.717) is 32.1 Å². The van der Waals surface area contributed by atoms with Crippen LogP contribution in [0.25, 0.3) is 11.4 Å². The van der Waals surface area contributed by atoms with Crippen LogP contribution >= 0.6 is 0 Å². The summed E-state index contributed by atoms with van der Waals surface area (Å²) >= 11 is 0. The van der Waals surface area contributed by atoms with Gasteiger partial charge in [0.25, 0.3) is 0 Å². The highest BCUT2D eigenvalue weighted by Crippen LogP contribution is 2.39. The topological polar surface area (TPSA) is 84.4 Å². The fourth-order valence-corrected chi connectivity index (χ4v) is 3.83. The Morgan fingerprint density at radius 3 is 2.89 bits per heavy atom. The number of hydrogen-bond acceptors (Lipinski definition) is 5. The molecule has 1 fully saturated rings. The summed E-state index contributed by atoms with van der Waals surface area (Å²) in [6.45, 7) is 3.64. The summed E-state index contributed by atoms with van der Waals surface area (Å²) in [7, 11) is 0. The fraction of sp³-hybridized carbons (Fsp3) is 0.400. The molecule has 1 unspecified atom stereocenters. The zero-order valence-corrected chi connectivity index (χ0v) is 15.3. The Bertz CT molecular complexity index is 871. The van der Waals surface area contributed by atoms with Gasteiger partial charge in [0.2, 0.25) is 11.8 Å². The predicted molar refractivity (Wildman–Crippen MR) is 98.7 cm³/mol. The van der Waals surface area contributed by atoms with E-state index in [0.717, 1.165) is 23.2 Å². The van der Waals surface area contributed by atoms with Gasteiger partial charge in [0.05, 0.1) is 30.9 Å². The molecule has 1 saturated heterocycles. The molecular weight excluding hydrogens is 344 g/mol. The summed E-state index contributed by atoms with van der Waals surface area (Å²) in [5.41, 5.74) is 2.62. The van der Waals surface area contributed by atoms with Crippen molar-refractivity contribution in [2.75, 3.05) is 26.2 Å². The molecule has 3 heterocycles. The van der Waals surface area contributed by atoms with Crippen LogP contribution in [0.15, 0.2) is 36.5 Å². The molecule has 1 N–H and O–H groups in total. The van der Waals surface area contributed by atoms with E-state index in [4.69, 9.17) is 9.72 Å². The van der Waals surface area contributed by atoms with Crippen molar-refractivity contribution in [3.05, 3.63) is 47.8 Å². The van der Waals surface area contributed by atoms with Gasteiger partial charge in [-0.15, -0.1) is 0 Å². The molecule has 140 valence electrons. The van der Waals surface area contributed by atoms with Gasteiger partial charge in [-0.25, -0.2) is 9.97 Å². The van der Waals surface area contributed by atoms with Crippen LogP contribution in [0.3, 0.4) is 0 Å². The molecule has 4 rings (SSSR count). The van der Waals surface area contributed by atoms with E-state index in [1.165, 1.54) is 6.92 Å². The molecular formula is C20H22N4O3. The number of nitrogens with one attached hydrogen (secondary N) is 1. The molecule has 1 atom stereocenters. The standard InChI is InChI=1S/C20H22N4O3/c1-14(25)21-10-17(26)24-8-7-20(12-24)13-27-11-16-9-22-19(23-18(16)20)15-5-3-2-4-6-15/h2-6,9H,7-8,10-13H2,1H3,(H,21,25). The van der Waals surface area contributed by atoms with E-state index >= 15 is 0 Å². The third kappa shape index (κ3) is 3.42. The summed E-state index contributed by atoms with van der Waals surface area (Å²) in [4.78, 5) is 34.7. The van der Waals surface area contributed by atoms with Crippen molar-refractivity contribution in [3.8, 4) is 11.4 Å². The molecule has 0 bridgehead atoms. The van der Waals surface area contributed by atoms with Gasteiger partial charge < -0.3 is 15.0 Å². The first kappa shape index (κ1) is 17.6. The third-order valence-corrected chi connectivity index (χ3v) is 5.23. The second kappa shape index (κ2) is 7.08. The summed E-state index contributed by atoms with van der Waals surface area (Å²) in [6, 6.07) is 9.88. The molecule has 2 aliphatic rings. The number of hydrogen-bond donors (Lipinski definition) is 1. The number of benzene rings is 1. The number of ether oxygens (including phenoxy) is 1. The fourth-order valence-electron chi connectivity index (χ4n) is 3.83. The number of likely N-dealkylation sites (tertiary alicyclic amines) is 1. The lowest BCUT2D eigenvalue weighted by Gasteiger charge is -2.34. The second-order valence-electron chi connectivity index (χ2n) is 7.18. The minimum absolute atomic E-state index is 0.0260. The average Bonchev–Trinajstić information content (AvgIpc) is 3.12. The first-order valence-corrected chi connectivity index (χ1v) is 9.09. The van der Waals surface area contributed by atoms with Crippen LogP contribution in [0.2, 0.25) is 0 Å². The van der Waals surface area contributed by atoms with Crippen LogP contribution in [-0.2, 0) is 26.3 Å². The molecule has 7 heteroatoms. The van der Waals surface area contributed by atoms with Crippen molar-refractivity contribution >= 4 is 11.8 Å². The second-order valence-corrected chi connectivity index (χ2v) is 7.18. The maximum Gasteiger partial charge on any atom is 0.241 e. The van der Waals surface area contributed by atoms with E-state index in [1.807, 2.05) is 36.5 Å². The lowest BCUT2D eigenvalue weighted by Crippen LogP contribution is -2.44. The van der Waals surface area contributed by atoms with Crippen LogP contribution in [0, 0.1) is 0 Å². The molecule has 2 aromatic rings. The summed E-state index contributed by atoms with van der Waals surface area (Å²) in [5.74, 6) is 0.411. The molecule has 2 amide bonds. The first-order chi connectivity index (χ1) is 13.1. The van der Waals surface area contributed by atoms with Crippen molar-refractivity contribution in [2.45, 2.75) is 25.4 Å². The van der Waals surface area contributed by atoms with Gasteiger partial charge in [-0.2, -0.15) is 0 Å². The van der Waals surface area contributed by atoms with Crippen LogP contribution in [0.5, 0.6) is 0 Å². The van der Waals surface area contributed by atoms with E-state index < -0.39 is 0 Å². The van der Waals surface area contributed by atoms with E-state index in [-0.39, 0.29) is 23.8 Å². The van der Waals surface area contributed by atoms with Crippen molar-refractivity contribution in [3.63, 3.8) is 0 Å². The lowest BCUT2D eigenvalue weighted by atomic mass is 9.80. The number of aromatic nitrogens is 2. The molecule has 0 aliphatic carbocycles. The Kier molecular flexibility index (Phi) is 4.61. The zero-order valence-electron chi connectivity index (χ0n) is 15.3. The quantitative estimate of drug-likeness (QED) is 0.885. The molecule has 0 radical (unpaired) electrons. The Morgan fingerprint density at radius 2 is 2.11 bits per heavy atom. The maximum atomic E-state index is 12.4. The van der Waals surface area contributed by atoms with Gasteiger partial charge in [0.1, 0.15) is 0 Å². The Labute approximate surface area is 157 Å². The minimum atomic E-state index is -0.314.